The molecule has 0 spiro atoms. The van der Waals surface area contributed by atoms with Crippen LogP contribution >= 0.6 is 11.8 Å². The van der Waals surface area contributed by atoms with E-state index in [-0.39, 0.29) is 0 Å². The molecule has 0 aliphatic carbocycles. The number of carboxylic acid groups (broad SMARTS) is 1. The highest BCUT2D eigenvalue weighted by Gasteiger charge is 2.20. The van der Waals surface area contributed by atoms with E-state index in [1.54, 1.807) is 0 Å². The Bertz CT molecular complexity index is 426. The van der Waals surface area contributed by atoms with Crippen molar-refractivity contribution < 1.29 is 9.90 Å². The summed E-state index contributed by atoms with van der Waals surface area (Å²) in [6.45, 7) is 1.94. The summed E-state index contributed by atoms with van der Waals surface area (Å²) in [5.41, 5.74) is 1.35. The first-order valence-electron chi connectivity index (χ1n) is 6.39. The summed E-state index contributed by atoms with van der Waals surface area (Å²) in [4.78, 5) is 14.6. The second kappa shape index (κ2) is 6.14. The predicted octanol–water partition coefficient (Wildman–Crippen LogP) is 3.49. The quantitative estimate of drug-likeness (QED) is 0.849. The molecule has 1 fully saturated rings. The molecule has 1 aromatic rings. The van der Waals surface area contributed by atoms with E-state index in [2.05, 4.69) is 4.90 Å². The number of benzene rings is 1. The number of hydrogen-bond donors (Lipinski definition) is 1. The van der Waals surface area contributed by atoms with Gasteiger partial charge in [0.15, 0.2) is 0 Å². The number of hydrogen-bond acceptors (Lipinski definition) is 3. The van der Waals surface area contributed by atoms with E-state index in [1.807, 2.05) is 24.5 Å². The minimum absolute atomic E-state index is 0.465. The number of carboxylic acids is 1. The number of thioether (sulfide) groups is 1. The second-order valence-electron chi connectivity index (χ2n) is 4.56. The van der Waals surface area contributed by atoms with Crippen LogP contribution in [-0.2, 0) is 0 Å². The van der Waals surface area contributed by atoms with E-state index in [0.717, 1.165) is 36.5 Å². The molecular formula is C14H19NO2S. The standard InChI is InChI=1S/C14H19NO2S/c1-18-12-8-6-7-11(13(12)14(16)17)15-9-4-2-3-5-10-15/h6-8H,2-5,9-10H2,1H3,(H,16,17). The Balaban J connectivity index is 2.38. The average Bonchev–Trinajstić information content (AvgIpc) is 2.66. The first-order valence-corrected chi connectivity index (χ1v) is 7.61. The van der Waals surface area contributed by atoms with Gasteiger partial charge in [0.25, 0.3) is 0 Å². The van der Waals surface area contributed by atoms with Gasteiger partial charge in [-0.3, -0.25) is 0 Å². The van der Waals surface area contributed by atoms with Gasteiger partial charge in [-0.05, 0) is 31.2 Å². The number of anilines is 1. The molecular weight excluding hydrogens is 246 g/mol. The summed E-state index contributed by atoms with van der Waals surface area (Å²) in [6, 6.07) is 5.78. The molecule has 3 nitrogen and oxygen atoms in total. The Morgan fingerprint density at radius 1 is 1.22 bits per heavy atom. The lowest BCUT2D eigenvalue weighted by atomic mass is 10.1. The van der Waals surface area contributed by atoms with E-state index in [4.69, 9.17) is 0 Å². The van der Waals surface area contributed by atoms with Crippen LogP contribution in [0, 0.1) is 0 Å². The van der Waals surface area contributed by atoms with Crippen molar-refractivity contribution in [3.05, 3.63) is 23.8 Å². The highest BCUT2D eigenvalue weighted by molar-refractivity contribution is 7.98. The molecule has 0 atom stereocenters. The maximum atomic E-state index is 11.5. The number of carbonyl (C=O) groups is 1. The van der Waals surface area contributed by atoms with Crippen molar-refractivity contribution in [3.63, 3.8) is 0 Å². The van der Waals surface area contributed by atoms with Gasteiger partial charge in [-0.2, -0.15) is 0 Å². The van der Waals surface area contributed by atoms with Gasteiger partial charge in [-0.1, -0.05) is 18.9 Å². The molecule has 0 unspecified atom stereocenters. The summed E-state index contributed by atoms with van der Waals surface area (Å²) in [5.74, 6) is -0.820. The van der Waals surface area contributed by atoms with Crippen LogP contribution in [0.25, 0.3) is 0 Å². The van der Waals surface area contributed by atoms with E-state index >= 15 is 0 Å². The molecule has 0 bridgehead atoms. The van der Waals surface area contributed by atoms with Crippen molar-refractivity contribution in [1.29, 1.82) is 0 Å². The van der Waals surface area contributed by atoms with E-state index in [1.165, 1.54) is 24.6 Å². The zero-order valence-corrected chi connectivity index (χ0v) is 11.5. The van der Waals surface area contributed by atoms with E-state index in [0.29, 0.717) is 5.56 Å². The smallest absolute Gasteiger partial charge is 0.338 e. The third kappa shape index (κ3) is 2.80. The Labute approximate surface area is 112 Å². The number of aromatic carboxylic acids is 1. The summed E-state index contributed by atoms with van der Waals surface area (Å²) < 4.78 is 0. The molecule has 1 saturated heterocycles. The predicted molar refractivity (Wildman–Crippen MR) is 75.9 cm³/mol. The van der Waals surface area contributed by atoms with Crippen molar-refractivity contribution in [2.75, 3.05) is 24.2 Å². The SMILES string of the molecule is CSc1cccc(N2CCCCCC2)c1C(=O)O. The van der Waals surface area contributed by atoms with Crippen LogP contribution in [0.15, 0.2) is 23.1 Å². The minimum atomic E-state index is -0.820. The molecule has 18 heavy (non-hydrogen) atoms. The monoisotopic (exact) mass is 265 g/mol. The van der Waals surface area contributed by atoms with Crippen molar-refractivity contribution in [3.8, 4) is 0 Å². The normalized spacial score (nSPS) is 16.4. The first kappa shape index (κ1) is 13.3. The van der Waals surface area contributed by atoms with Gasteiger partial charge in [0, 0.05) is 18.0 Å². The Hall–Kier alpha value is -1.16. The topological polar surface area (TPSA) is 40.5 Å². The molecule has 1 aromatic carbocycles. The maximum Gasteiger partial charge on any atom is 0.338 e. The molecule has 1 aliphatic heterocycles. The third-order valence-corrected chi connectivity index (χ3v) is 4.16. The fourth-order valence-electron chi connectivity index (χ4n) is 2.48. The largest absolute Gasteiger partial charge is 0.478 e. The molecule has 2 rings (SSSR count). The van der Waals surface area contributed by atoms with Crippen LogP contribution < -0.4 is 4.90 Å². The lowest BCUT2D eigenvalue weighted by molar-refractivity contribution is 0.0694. The van der Waals surface area contributed by atoms with Gasteiger partial charge in [0.2, 0.25) is 0 Å². The molecule has 0 amide bonds. The lowest BCUT2D eigenvalue weighted by Crippen LogP contribution is -2.26. The van der Waals surface area contributed by atoms with Gasteiger partial charge >= 0.3 is 5.97 Å². The first-order chi connectivity index (χ1) is 8.74. The highest BCUT2D eigenvalue weighted by Crippen LogP contribution is 2.31. The van der Waals surface area contributed by atoms with Crippen LogP contribution in [0.4, 0.5) is 5.69 Å². The molecule has 0 aromatic heterocycles. The summed E-state index contributed by atoms with van der Waals surface area (Å²) in [7, 11) is 0. The van der Waals surface area contributed by atoms with Gasteiger partial charge in [-0.25, -0.2) is 4.79 Å². The van der Waals surface area contributed by atoms with Crippen LogP contribution in [-0.4, -0.2) is 30.4 Å². The molecule has 1 heterocycles. The van der Waals surface area contributed by atoms with Gasteiger partial charge in [0.1, 0.15) is 0 Å². The van der Waals surface area contributed by atoms with Crippen LogP contribution in [0.1, 0.15) is 36.0 Å². The zero-order chi connectivity index (χ0) is 13.0. The van der Waals surface area contributed by atoms with Gasteiger partial charge < -0.3 is 10.0 Å². The Kier molecular flexibility index (Phi) is 4.53. The lowest BCUT2D eigenvalue weighted by Gasteiger charge is -2.25. The summed E-state index contributed by atoms with van der Waals surface area (Å²) in [5, 5.41) is 9.44. The summed E-state index contributed by atoms with van der Waals surface area (Å²) in [6.07, 6.45) is 6.74. The fraction of sp³-hybridized carbons (Fsp3) is 0.500. The minimum Gasteiger partial charge on any atom is -0.478 e. The number of rotatable bonds is 3. The van der Waals surface area contributed by atoms with E-state index in [9.17, 15) is 9.90 Å². The molecule has 0 saturated carbocycles. The summed E-state index contributed by atoms with van der Waals surface area (Å²) >= 11 is 1.50. The molecule has 98 valence electrons. The number of nitrogens with zero attached hydrogens (tertiary/aromatic N) is 1. The fourth-order valence-corrected chi connectivity index (χ4v) is 3.09. The van der Waals surface area contributed by atoms with Crippen molar-refractivity contribution in [1.82, 2.24) is 0 Å². The van der Waals surface area contributed by atoms with Gasteiger partial charge in [-0.15, -0.1) is 11.8 Å². The molecule has 0 radical (unpaired) electrons. The molecule has 1 N–H and O–H groups in total. The second-order valence-corrected chi connectivity index (χ2v) is 5.41. The van der Waals surface area contributed by atoms with Crippen LogP contribution in [0.2, 0.25) is 0 Å². The third-order valence-electron chi connectivity index (χ3n) is 3.38. The molecule has 1 aliphatic rings. The highest BCUT2D eigenvalue weighted by atomic mass is 32.2. The Morgan fingerprint density at radius 2 is 1.89 bits per heavy atom. The molecule has 4 heteroatoms. The van der Waals surface area contributed by atoms with Crippen LogP contribution in [0.5, 0.6) is 0 Å². The van der Waals surface area contributed by atoms with E-state index < -0.39 is 5.97 Å². The maximum absolute atomic E-state index is 11.5. The van der Waals surface area contributed by atoms with Crippen molar-refractivity contribution in [2.45, 2.75) is 30.6 Å². The van der Waals surface area contributed by atoms with Crippen LogP contribution in [0.3, 0.4) is 0 Å². The van der Waals surface area contributed by atoms with Crippen molar-refractivity contribution >= 4 is 23.4 Å². The zero-order valence-electron chi connectivity index (χ0n) is 10.7. The van der Waals surface area contributed by atoms with Crippen molar-refractivity contribution in [2.24, 2.45) is 0 Å². The van der Waals surface area contributed by atoms with Gasteiger partial charge in [0.05, 0.1) is 11.3 Å². The average molecular weight is 265 g/mol. The Morgan fingerprint density at radius 3 is 2.44 bits per heavy atom.